The first-order chi connectivity index (χ1) is 10.5. The molecule has 1 aliphatic rings. The van der Waals surface area contributed by atoms with Gasteiger partial charge in [0.25, 0.3) is 0 Å². The van der Waals surface area contributed by atoms with E-state index in [1.165, 1.54) is 6.92 Å². The van der Waals surface area contributed by atoms with Crippen molar-refractivity contribution in [2.75, 3.05) is 13.7 Å². The van der Waals surface area contributed by atoms with Gasteiger partial charge in [-0.15, -0.1) is 0 Å². The fourth-order valence-electron chi connectivity index (χ4n) is 2.55. The number of rotatable bonds is 5. The number of urea groups is 1. The Morgan fingerprint density at radius 2 is 2.05 bits per heavy atom. The standard InChI is InChI=1S/C16H20N2O4/c1-5-22-13-8-11(6-7-12(13)21-4)15-14(10(3)19)9(2)17-16(20)18-15/h6-8,15H,5H2,1-4H3,(H2,17,18,20)/t15-/m0/s1. The second-order valence-electron chi connectivity index (χ2n) is 4.97. The van der Waals surface area contributed by atoms with Gasteiger partial charge in [-0.05, 0) is 38.5 Å². The quantitative estimate of drug-likeness (QED) is 0.875. The Labute approximate surface area is 129 Å². The molecule has 0 unspecified atom stereocenters. The monoisotopic (exact) mass is 304 g/mol. The van der Waals surface area contributed by atoms with Crippen LogP contribution in [0.2, 0.25) is 0 Å². The van der Waals surface area contributed by atoms with Gasteiger partial charge in [0.15, 0.2) is 17.3 Å². The van der Waals surface area contributed by atoms with E-state index in [9.17, 15) is 9.59 Å². The van der Waals surface area contributed by atoms with Gasteiger partial charge in [-0.1, -0.05) is 6.07 Å². The molecule has 1 heterocycles. The SMILES string of the molecule is CCOc1cc([C@@H]2NC(=O)NC(C)=C2C(C)=O)ccc1OC. The number of methoxy groups -OCH3 is 1. The number of carbonyl (C=O) groups is 2. The van der Waals surface area contributed by atoms with Gasteiger partial charge < -0.3 is 20.1 Å². The molecular formula is C16H20N2O4. The summed E-state index contributed by atoms with van der Waals surface area (Å²) in [4.78, 5) is 23.7. The molecule has 0 radical (unpaired) electrons. The average molecular weight is 304 g/mol. The molecule has 22 heavy (non-hydrogen) atoms. The number of nitrogens with one attached hydrogen (secondary N) is 2. The fourth-order valence-corrected chi connectivity index (χ4v) is 2.55. The Morgan fingerprint density at radius 3 is 2.64 bits per heavy atom. The van der Waals surface area contributed by atoms with Gasteiger partial charge >= 0.3 is 6.03 Å². The minimum atomic E-state index is -0.503. The molecule has 1 aromatic rings. The van der Waals surface area contributed by atoms with Gasteiger partial charge in [0, 0.05) is 11.3 Å². The lowest BCUT2D eigenvalue weighted by Gasteiger charge is -2.28. The number of hydrogen-bond donors (Lipinski definition) is 2. The summed E-state index contributed by atoms with van der Waals surface area (Å²) < 4.78 is 10.8. The van der Waals surface area contributed by atoms with Crippen molar-refractivity contribution in [3.8, 4) is 11.5 Å². The average Bonchev–Trinajstić information content (AvgIpc) is 2.46. The summed E-state index contributed by atoms with van der Waals surface area (Å²) >= 11 is 0. The Bertz CT molecular complexity index is 637. The van der Waals surface area contributed by atoms with Crippen LogP contribution in [0.5, 0.6) is 11.5 Å². The molecule has 2 rings (SSSR count). The third-order valence-electron chi connectivity index (χ3n) is 3.47. The van der Waals surface area contributed by atoms with Crippen molar-refractivity contribution < 1.29 is 19.1 Å². The van der Waals surface area contributed by atoms with Gasteiger partial charge in [0.1, 0.15) is 0 Å². The highest BCUT2D eigenvalue weighted by molar-refractivity contribution is 5.98. The van der Waals surface area contributed by atoms with Gasteiger partial charge in [-0.3, -0.25) is 4.79 Å². The van der Waals surface area contributed by atoms with Gasteiger partial charge in [0.2, 0.25) is 0 Å². The van der Waals surface area contributed by atoms with E-state index >= 15 is 0 Å². The van der Waals surface area contributed by atoms with Crippen LogP contribution in [0.15, 0.2) is 29.5 Å². The summed E-state index contributed by atoms with van der Waals surface area (Å²) in [6.07, 6.45) is 0. The zero-order valence-electron chi connectivity index (χ0n) is 13.1. The lowest BCUT2D eigenvalue weighted by Crippen LogP contribution is -2.44. The van der Waals surface area contributed by atoms with E-state index in [4.69, 9.17) is 9.47 Å². The van der Waals surface area contributed by atoms with Crippen LogP contribution in [0.1, 0.15) is 32.4 Å². The summed E-state index contributed by atoms with van der Waals surface area (Å²) in [5.74, 6) is 1.09. The van der Waals surface area contributed by atoms with Gasteiger partial charge in [0.05, 0.1) is 19.8 Å². The van der Waals surface area contributed by atoms with E-state index in [1.54, 1.807) is 26.2 Å². The smallest absolute Gasteiger partial charge is 0.319 e. The second-order valence-corrected chi connectivity index (χ2v) is 4.97. The van der Waals surface area contributed by atoms with Crippen LogP contribution in [0.25, 0.3) is 0 Å². The molecule has 2 N–H and O–H groups in total. The van der Waals surface area contributed by atoms with E-state index in [0.717, 1.165) is 5.56 Å². The van der Waals surface area contributed by atoms with Crippen LogP contribution in [0.4, 0.5) is 4.79 Å². The predicted molar refractivity (Wildman–Crippen MR) is 82.0 cm³/mol. The van der Waals surface area contributed by atoms with E-state index in [2.05, 4.69) is 10.6 Å². The van der Waals surface area contributed by atoms with Crippen molar-refractivity contribution in [3.05, 3.63) is 35.0 Å². The summed E-state index contributed by atoms with van der Waals surface area (Å²) in [6, 6.07) is 4.53. The molecule has 0 aromatic heterocycles. The van der Waals surface area contributed by atoms with Crippen LogP contribution in [-0.2, 0) is 4.79 Å². The van der Waals surface area contributed by atoms with Crippen LogP contribution < -0.4 is 20.1 Å². The highest BCUT2D eigenvalue weighted by atomic mass is 16.5. The first kappa shape index (κ1) is 15.9. The normalized spacial score (nSPS) is 17.6. The van der Waals surface area contributed by atoms with Crippen molar-refractivity contribution in [3.63, 3.8) is 0 Å². The topological polar surface area (TPSA) is 76.7 Å². The maximum Gasteiger partial charge on any atom is 0.319 e. The maximum atomic E-state index is 11.9. The number of benzene rings is 1. The predicted octanol–water partition coefficient (Wildman–Crippen LogP) is 2.31. The summed E-state index contributed by atoms with van der Waals surface area (Å²) in [5.41, 5.74) is 1.87. The molecule has 0 saturated heterocycles. The molecule has 1 aliphatic heterocycles. The Morgan fingerprint density at radius 1 is 1.32 bits per heavy atom. The first-order valence-electron chi connectivity index (χ1n) is 7.07. The van der Waals surface area contributed by atoms with Crippen molar-refractivity contribution in [2.45, 2.75) is 26.8 Å². The molecule has 0 fully saturated rings. The number of ether oxygens (including phenoxy) is 2. The highest BCUT2D eigenvalue weighted by Gasteiger charge is 2.29. The Kier molecular flexibility index (Phi) is 4.70. The van der Waals surface area contributed by atoms with Gasteiger partial charge in [-0.2, -0.15) is 0 Å². The Hall–Kier alpha value is -2.50. The second kappa shape index (κ2) is 6.51. The zero-order chi connectivity index (χ0) is 16.3. The van der Waals surface area contributed by atoms with Crippen LogP contribution in [0.3, 0.4) is 0 Å². The number of allylic oxidation sites excluding steroid dienone is 1. The van der Waals surface area contributed by atoms with Crippen LogP contribution in [-0.4, -0.2) is 25.5 Å². The molecule has 1 atom stereocenters. The highest BCUT2D eigenvalue weighted by Crippen LogP contribution is 2.34. The zero-order valence-corrected chi connectivity index (χ0v) is 13.1. The molecule has 2 amide bonds. The fraction of sp³-hybridized carbons (Fsp3) is 0.375. The van der Waals surface area contributed by atoms with E-state index < -0.39 is 6.04 Å². The molecule has 1 aromatic carbocycles. The van der Waals surface area contributed by atoms with E-state index in [-0.39, 0.29) is 11.8 Å². The minimum absolute atomic E-state index is 0.0937. The molecule has 118 valence electrons. The molecule has 6 heteroatoms. The lowest BCUT2D eigenvalue weighted by molar-refractivity contribution is -0.114. The number of carbonyl (C=O) groups excluding carboxylic acids is 2. The van der Waals surface area contributed by atoms with Crippen LogP contribution >= 0.6 is 0 Å². The Balaban J connectivity index is 2.49. The number of hydrogen-bond acceptors (Lipinski definition) is 4. The van der Waals surface area contributed by atoms with Gasteiger partial charge in [-0.25, -0.2) is 4.79 Å². The molecular weight excluding hydrogens is 284 g/mol. The van der Waals surface area contributed by atoms with Crippen molar-refractivity contribution >= 4 is 11.8 Å². The molecule has 0 bridgehead atoms. The maximum absolute atomic E-state index is 11.9. The number of Topliss-reactive ketones (excluding diaryl/α,β-unsaturated/α-hetero) is 1. The lowest BCUT2D eigenvalue weighted by atomic mass is 9.93. The molecule has 0 spiro atoms. The van der Waals surface area contributed by atoms with E-state index in [1.807, 2.05) is 13.0 Å². The van der Waals surface area contributed by atoms with E-state index in [0.29, 0.717) is 29.4 Å². The molecule has 0 aliphatic carbocycles. The first-order valence-corrected chi connectivity index (χ1v) is 7.07. The minimum Gasteiger partial charge on any atom is -0.493 e. The van der Waals surface area contributed by atoms with Crippen LogP contribution in [0, 0.1) is 0 Å². The summed E-state index contributed by atoms with van der Waals surface area (Å²) in [6.45, 7) is 5.57. The summed E-state index contributed by atoms with van der Waals surface area (Å²) in [5, 5.41) is 5.40. The number of amides is 2. The van der Waals surface area contributed by atoms with Crippen molar-refractivity contribution in [1.82, 2.24) is 10.6 Å². The number of ketones is 1. The summed E-state index contributed by atoms with van der Waals surface area (Å²) in [7, 11) is 1.56. The largest absolute Gasteiger partial charge is 0.493 e. The molecule has 6 nitrogen and oxygen atoms in total. The van der Waals surface area contributed by atoms with Crippen molar-refractivity contribution in [2.24, 2.45) is 0 Å². The third kappa shape index (κ3) is 3.05. The van der Waals surface area contributed by atoms with Crippen molar-refractivity contribution in [1.29, 1.82) is 0 Å². The third-order valence-corrected chi connectivity index (χ3v) is 3.47. The molecule has 0 saturated carbocycles.